The maximum Gasteiger partial charge on any atom is 0.134 e. The molecule has 0 bridgehead atoms. The average molecular weight is 407 g/mol. The minimum atomic E-state index is 0.623. The van der Waals surface area contributed by atoms with Crippen LogP contribution in [0.3, 0.4) is 0 Å². The third kappa shape index (κ3) is 3.98. The Kier molecular flexibility index (Phi) is 5.07. The van der Waals surface area contributed by atoms with Gasteiger partial charge in [0.1, 0.15) is 11.6 Å². The minimum absolute atomic E-state index is 0.623. The van der Waals surface area contributed by atoms with Crippen LogP contribution in [0.25, 0.3) is 33.2 Å². The molecule has 5 heteroatoms. The lowest BCUT2D eigenvalue weighted by molar-refractivity contribution is 0.415. The number of fused-ring (bicyclic) bond motifs is 1. The molecule has 0 saturated carbocycles. The Hall–Kier alpha value is -4.12. The fourth-order valence-corrected chi connectivity index (χ4v) is 3.61. The van der Waals surface area contributed by atoms with Crippen molar-refractivity contribution in [2.45, 2.75) is 6.54 Å². The van der Waals surface area contributed by atoms with E-state index in [-0.39, 0.29) is 0 Å². The number of hydrogen-bond acceptors (Lipinski definition) is 5. The normalized spacial score (nSPS) is 10.9. The summed E-state index contributed by atoms with van der Waals surface area (Å²) < 4.78 is 10.6. The second kappa shape index (κ2) is 8.32. The number of methoxy groups -OCH3 is 1. The van der Waals surface area contributed by atoms with Crippen molar-refractivity contribution < 1.29 is 9.15 Å². The Morgan fingerprint density at radius 1 is 0.935 bits per heavy atom. The molecule has 0 radical (unpaired) electrons. The first-order chi connectivity index (χ1) is 15.3. The highest BCUT2D eigenvalue weighted by atomic mass is 16.5. The highest BCUT2D eigenvalue weighted by molar-refractivity contribution is 5.97. The summed E-state index contributed by atoms with van der Waals surface area (Å²) in [5.74, 6) is 1.66. The van der Waals surface area contributed by atoms with Crippen LogP contribution >= 0.6 is 0 Å². The predicted molar refractivity (Wildman–Crippen MR) is 123 cm³/mol. The van der Waals surface area contributed by atoms with Crippen LogP contribution in [0.15, 0.2) is 96.1 Å². The molecule has 152 valence electrons. The molecule has 0 atom stereocenters. The third-order valence-corrected chi connectivity index (χ3v) is 5.23. The number of aromatic nitrogens is 2. The topological polar surface area (TPSA) is 60.2 Å². The second-order valence-electron chi connectivity index (χ2n) is 7.25. The number of anilines is 1. The number of ether oxygens (including phenoxy) is 1. The van der Waals surface area contributed by atoms with Crippen LogP contribution in [-0.4, -0.2) is 17.1 Å². The molecule has 0 saturated heterocycles. The quantitative estimate of drug-likeness (QED) is 0.364. The van der Waals surface area contributed by atoms with Crippen molar-refractivity contribution >= 4 is 16.6 Å². The second-order valence-corrected chi connectivity index (χ2v) is 7.25. The van der Waals surface area contributed by atoms with Gasteiger partial charge in [-0.15, -0.1) is 0 Å². The summed E-state index contributed by atoms with van der Waals surface area (Å²) in [5, 5.41) is 5.64. The number of nitrogens with one attached hydrogen (secondary N) is 1. The van der Waals surface area contributed by atoms with Gasteiger partial charge in [0.25, 0.3) is 0 Å². The molecular formula is C26H21N3O2. The van der Waals surface area contributed by atoms with Gasteiger partial charge in [-0.05, 0) is 59.0 Å². The van der Waals surface area contributed by atoms with E-state index in [2.05, 4.69) is 40.6 Å². The van der Waals surface area contributed by atoms with Gasteiger partial charge in [0.15, 0.2) is 0 Å². The first kappa shape index (κ1) is 18.9. The lowest BCUT2D eigenvalue weighted by Gasteiger charge is -2.13. The zero-order valence-electron chi connectivity index (χ0n) is 17.1. The molecule has 3 heterocycles. The monoisotopic (exact) mass is 407 g/mol. The maximum atomic E-state index is 5.39. The largest absolute Gasteiger partial charge is 0.497 e. The van der Waals surface area contributed by atoms with Crippen LogP contribution in [0.2, 0.25) is 0 Å². The lowest BCUT2D eigenvalue weighted by atomic mass is 10.0. The SMILES string of the molecule is COc1cccc(-c2ccc3cc(-c4cccnc4)nc(NCc4ccoc4)c3c2)c1. The van der Waals surface area contributed by atoms with Gasteiger partial charge in [-0.2, -0.15) is 0 Å². The molecule has 0 unspecified atom stereocenters. The van der Waals surface area contributed by atoms with Crippen molar-refractivity contribution in [1.82, 2.24) is 9.97 Å². The number of hydrogen-bond donors (Lipinski definition) is 1. The van der Waals surface area contributed by atoms with E-state index in [0.29, 0.717) is 6.54 Å². The first-order valence-electron chi connectivity index (χ1n) is 10.0. The van der Waals surface area contributed by atoms with Gasteiger partial charge in [-0.1, -0.05) is 24.3 Å². The van der Waals surface area contributed by atoms with Crippen LogP contribution in [0.5, 0.6) is 5.75 Å². The van der Waals surface area contributed by atoms with Gasteiger partial charge in [-0.3, -0.25) is 4.98 Å². The number of pyridine rings is 2. The molecule has 0 aliphatic carbocycles. The van der Waals surface area contributed by atoms with Gasteiger partial charge in [0.2, 0.25) is 0 Å². The maximum absolute atomic E-state index is 5.39. The molecule has 0 amide bonds. The highest BCUT2D eigenvalue weighted by Gasteiger charge is 2.11. The average Bonchev–Trinajstić information content (AvgIpc) is 3.36. The van der Waals surface area contributed by atoms with Crippen LogP contribution in [0.1, 0.15) is 5.56 Å². The number of benzene rings is 2. The summed E-state index contributed by atoms with van der Waals surface area (Å²) in [6.45, 7) is 0.623. The van der Waals surface area contributed by atoms with Crippen LogP contribution in [-0.2, 0) is 6.54 Å². The highest BCUT2D eigenvalue weighted by Crippen LogP contribution is 2.32. The molecule has 0 aliphatic rings. The fraction of sp³-hybridized carbons (Fsp3) is 0.0769. The predicted octanol–water partition coefficient (Wildman–Crippen LogP) is 6.18. The van der Waals surface area contributed by atoms with E-state index in [1.165, 1.54) is 0 Å². The summed E-state index contributed by atoms with van der Waals surface area (Å²) >= 11 is 0. The Morgan fingerprint density at radius 3 is 2.65 bits per heavy atom. The number of rotatable bonds is 6. The van der Waals surface area contributed by atoms with Gasteiger partial charge >= 0.3 is 0 Å². The summed E-state index contributed by atoms with van der Waals surface area (Å²) in [7, 11) is 1.68. The van der Waals surface area contributed by atoms with Gasteiger partial charge < -0.3 is 14.5 Å². The third-order valence-electron chi connectivity index (χ3n) is 5.23. The number of nitrogens with zero attached hydrogens (tertiary/aromatic N) is 2. The summed E-state index contributed by atoms with van der Waals surface area (Å²) in [6, 6.07) is 22.5. The molecule has 1 N–H and O–H groups in total. The number of furan rings is 1. The van der Waals surface area contributed by atoms with Crippen molar-refractivity contribution in [1.29, 1.82) is 0 Å². The Bertz CT molecular complexity index is 1320. The summed E-state index contributed by atoms with van der Waals surface area (Å²) in [5.41, 5.74) is 5.12. The fourth-order valence-electron chi connectivity index (χ4n) is 3.61. The molecule has 5 rings (SSSR count). The van der Waals surface area contributed by atoms with E-state index in [0.717, 1.165) is 50.3 Å². The van der Waals surface area contributed by atoms with E-state index in [1.807, 2.05) is 42.6 Å². The van der Waals surface area contributed by atoms with Crippen LogP contribution in [0.4, 0.5) is 5.82 Å². The standard InChI is InChI=1S/C26H21N3O2/c1-30-23-6-2-4-19(12-23)20-7-8-21-14-25(22-5-3-10-27-16-22)29-26(24(21)13-20)28-15-18-9-11-31-17-18/h2-14,16-17H,15H2,1H3,(H,28,29). The molecule has 2 aromatic carbocycles. The zero-order valence-corrected chi connectivity index (χ0v) is 17.1. The van der Waals surface area contributed by atoms with Crippen molar-refractivity contribution in [2.75, 3.05) is 12.4 Å². The lowest BCUT2D eigenvalue weighted by Crippen LogP contribution is -2.02. The molecule has 5 aromatic rings. The van der Waals surface area contributed by atoms with E-state index >= 15 is 0 Å². The van der Waals surface area contributed by atoms with Gasteiger partial charge in [-0.25, -0.2) is 4.98 Å². The molecule has 0 spiro atoms. The minimum Gasteiger partial charge on any atom is -0.497 e. The van der Waals surface area contributed by atoms with Crippen LogP contribution in [0, 0.1) is 0 Å². The van der Waals surface area contributed by atoms with Gasteiger partial charge in [0, 0.05) is 35.5 Å². The van der Waals surface area contributed by atoms with Crippen LogP contribution < -0.4 is 10.1 Å². The van der Waals surface area contributed by atoms with E-state index in [9.17, 15) is 0 Å². The molecule has 3 aromatic heterocycles. The zero-order chi connectivity index (χ0) is 21.0. The Labute approximate surface area is 180 Å². The van der Waals surface area contributed by atoms with Gasteiger partial charge in [0.05, 0.1) is 25.3 Å². The van der Waals surface area contributed by atoms with E-state index in [1.54, 1.807) is 25.8 Å². The Balaban J connectivity index is 1.62. The molecule has 0 fully saturated rings. The molecule has 0 aliphatic heterocycles. The van der Waals surface area contributed by atoms with Crippen molar-refractivity contribution in [3.63, 3.8) is 0 Å². The summed E-state index contributed by atoms with van der Waals surface area (Å²) in [6.07, 6.45) is 7.01. The summed E-state index contributed by atoms with van der Waals surface area (Å²) in [4.78, 5) is 9.18. The molecule has 5 nitrogen and oxygen atoms in total. The molecular weight excluding hydrogens is 386 g/mol. The van der Waals surface area contributed by atoms with E-state index in [4.69, 9.17) is 14.1 Å². The first-order valence-corrected chi connectivity index (χ1v) is 10.0. The molecule has 31 heavy (non-hydrogen) atoms. The Morgan fingerprint density at radius 2 is 1.84 bits per heavy atom. The smallest absolute Gasteiger partial charge is 0.134 e. The van der Waals surface area contributed by atoms with Crippen molar-refractivity contribution in [3.8, 4) is 28.1 Å². The van der Waals surface area contributed by atoms with Crippen molar-refractivity contribution in [3.05, 3.63) is 97.2 Å². The van der Waals surface area contributed by atoms with Crippen molar-refractivity contribution in [2.24, 2.45) is 0 Å². The van der Waals surface area contributed by atoms with E-state index < -0.39 is 0 Å².